The third-order valence-electron chi connectivity index (χ3n) is 6.73. The van der Waals surface area contributed by atoms with Gasteiger partial charge in [-0.15, -0.1) is 0 Å². The molecule has 0 bridgehead atoms. The second-order valence-electron chi connectivity index (χ2n) is 10.1. The number of rotatable bonds is 4. The van der Waals surface area contributed by atoms with Crippen LogP contribution in [0.4, 0.5) is 16.2 Å². The molecule has 0 aromatic heterocycles. The molecule has 1 atom stereocenters. The second kappa shape index (κ2) is 9.48. The number of halogens is 1. The Bertz CT molecular complexity index is 1420. The maximum absolute atomic E-state index is 13.6. The number of ether oxygens (including phenoxy) is 1. The van der Waals surface area contributed by atoms with E-state index >= 15 is 0 Å². The molecule has 8 heteroatoms. The number of para-hydroxylation sites is 1. The first-order chi connectivity index (χ1) is 17.6. The van der Waals surface area contributed by atoms with Crippen LogP contribution < -0.4 is 15.0 Å². The predicted molar refractivity (Wildman–Crippen MR) is 142 cm³/mol. The molecule has 1 amide bonds. The van der Waals surface area contributed by atoms with Gasteiger partial charge in [0, 0.05) is 22.7 Å². The number of hydrogen-bond acceptors (Lipinski definition) is 5. The van der Waals surface area contributed by atoms with Crippen LogP contribution in [0.2, 0.25) is 5.02 Å². The van der Waals surface area contributed by atoms with Crippen LogP contribution in [0.5, 0.6) is 11.5 Å². The van der Waals surface area contributed by atoms with Crippen LogP contribution in [-0.4, -0.2) is 22.1 Å². The molecule has 0 saturated heterocycles. The highest BCUT2D eigenvalue weighted by Gasteiger charge is 2.44. The van der Waals surface area contributed by atoms with E-state index in [1.54, 1.807) is 30.3 Å². The van der Waals surface area contributed by atoms with Crippen molar-refractivity contribution in [2.45, 2.75) is 39.3 Å². The summed E-state index contributed by atoms with van der Waals surface area (Å²) < 4.78 is 5.90. The highest BCUT2D eigenvalue weighted by atomic mass is 35.5. The van der Waals surface area contributed by atoms with Gasteiger partial charge in [-0.05, 0) is 47.2 Å². The number of allylic oxidation sites excluding steroid dienone is 1. The van der Waals surface area contributed by atoms with Gasteiger partial charge in [0.2, 0.25) is 0 Å². The van der Waals surface area contributed by atoms with Crippen molar-refractivity contribution in [3.8, 4) is 11.5 Å². The SMILES string of the molecule is CC1(C)CC(=O)C2=C(C1)Nc1c(O)cccc1N(C(=O)O)C2c1ccc(OCc2ccccc2)cc1Cl. The Morgan fingerprint density at radius 1 is 1.11 bits per heavy atom. The van der Waals surface area contributed by atoms with Gasteiger partial charge in [0.15, 0.2) is 5.78 Å². The Kier molecular flexibility index (Phi) is 6.33. The molecule has 0 fully saturated rings. The fourth-order valence-electron chi connectivity index (χ4n) is 5.11. The number of phenols is 1. The maximum Gasteiger partial charge on any atom is 0.412 e. The number of benzene rings is 3. The van der Waals surface area contributed by atoms with Crippen LogP contribution in [-0.2, 0) is 11.4 Å². The zero-order valence-corrected chi connectivity index (χ0v) is 21.2. The van der Waals surface area contributed by atoms with E-state index in [-0.39, 0.29) is 39.8 Å². The lowest BCUT2D eigenvalue weighted by Crippen LogP contribution is -2.39. The lowest BCUT2D eigenvalue weighted by molar-refractivity contribution is -0.118. The monoisotopic (exact) mass is 518 g/mol. The number of amides is 1. The Balaban J connectivity index is 1.63. The number of carbonyl (C=O) groups is 2. The fourth-order valence-corrected chi connectivity index (χ4v) is 5.38. The van der Waals surface area contributed by atoms with Crippen LogP contribution in [0.1, 0.15) is 43.9 Å². The van der Waals surface area contributed by atoms with Gasteiger partial charge < -0.3 is 20.3 Å². The molecule has 190 valence electrons. The molecule has 2 aliphatic rings. The van der Waals surface area contributed by atoms with Crippen molar-refractivity contribution in [1.29, 1.82) is 0 Å². The fraction of sp³-hybridized carbons (Fsp3) is 0.241. The lowest BCUT2D eigenvalue weighted by Gasteiger charge is -2.36. The minimum absolute atomic E-state index is 0.108. The van der Waals surface area contributed by atoms with Crippen LogP contribution in [0.25, 0.3) is 0 Å². The standard InChI is InChI=1S/C29H27ClN2O5/c1-29(2)14-21-25(24(34)15-29)27(32(28(35)36)22-9-6-10-23(33)26(22)31-21)19-12-11-18(13-20(19)30)37-16-17-7-4-3-5-8-17/h3-13,27,31,33H,14-16H2,1-2H3,(H,35,36). The summed E-state index contributed by atoms with van der Waals surface area (Å²) in [7, 11) is 0. The topological polar surface area (TPSA) is 99.1 Å². The molecule has 0 saturated carbocycles. The number of nitrogens with one attached hydrogen (secondary N) is 1. The minimum Gasteiger partial charge on any atom is -0.506 e. The van der Waals surface area contributed by atoms with Crippen LogP contribution >= 0.6 is 11.6 Å². The van der Waals surface area contributed by atoms with E-state index < -0.39 is 12.1 Å². The summed E-state index contributed by atoms with van der Waals surface area (Å²) in [5, 5.41) is 24.5. The van der Waals surface area contributed by atoms with E-state index in [0.29, 0.717) is 35.6 Å². The summed E-state index contributed by atoms with van der Waals surface area (Å²) in [6.07, 6.45) is -0.511. The number of carbonyl (C=O) groups excluding carboxylic acids is 1. The first-order valence-electron chi connectivity index (χ1n) is 12.0. The summed E-state index contributed by atoms with van der Waals surface area (Å²) in [5.74, 6) is 0.250. The average Bonchev–Trinajstić information content (AvgIpc) is 2.98. The third kappa shape index (κ3) is 4.74. The second-order valence-corrected chi connectivity index (χ2v) is 10.5. The number of carboxylic acid groups (broad SMARTS) is 1. The number of anilines is 2. The van der Waals surface area contributed by atoms with Crippen LogP contribution in [0.15, 0.2) is 78.0 Å². The van der Waals surface area contributed by atoms with Crippen molar-refractivity contribution < 1.29 is 24.5 Å². The Hall–Kier alpha value is -3.97. The first-order valence-corrected chi connectivity index (χ1v) is 12.4. The Morgan fingerprint density at radius 2 is 1.86 bits per heavy atom. The average molecular weight is 519 g/mol. The summed E-state index contributed by atoms with van der Waals surface area (Å²) in [5.41, 5.74) is 2.50. The molecule has 7 nitrogen and oxygen atoms in total. The molecule has 0 radical (unpaired) electrons. The van der Waals surface area contributed by atoms with Crippen molar-refractivity contribution >= 4 is 34.9 Å². The van der Waals surface area contributed by atoms with Crippen molar-refractivity contribution in [3.05, 3.63) is 94.1 Å². The normalized spacial score (nSPS) is 18.4. The van der Waals surface area contributed by atoms with Gasteiger partial charge in [-0.3, -0.25) is 9.69 Å². The summed E-state index contributed by atoms with van der Waals surface area (Å²) in [6.45, 7) is 4.33. The zero-order valence-electron chi connectivity index (χ0n) is 20.5. The van der Waals surface area contributed by atoms with E-state index in [1.165, 1.54) is 6.07 Å². The quantitative estimate of drug-likeness (QED) is 0.324. The summed E-state index contributed by atoms with van der Waals surface area (Å²) in [4.78, 5) is 27.4. The number of ketones is 1. The van der Waals surface area contributed by atoms with E-state index in [4.69, 9.17) is 16.3 Å². The highest BCUT2D eigenvalue weighted by Crippen LogP contribution is 2.51. The number of nitrogens with zero attached hydrogens (tertiary/aromatic N) is 1. The zero-order chi connectivity index (χ0) is 26.3. The molecular formula is C29H27ClN2O5. The molecule has 37 heavy (non-hydrogen) atoms. The molecule has 1 unspecified atom stereocenters. The molecule has 3 N–H and O–H groups in total. The maximum atomic E-state index is 13.6. The highest BCUT2D eigenvalue weighted by molar-refractivity contribution is 6.31. The van der Waals surface area contributed by atoms with Gasteiger partial charge >= 0.3 is 6.09 Å². The Morgan fingerprint density at radius 3 is 2.57 bits per heavy atom. The van der Waals surface area contributed by atoms with Gasteiger partial charge in [-0.1, -0.05) is 67.9 Å². The van der Waals surface area contributed by atoms with Gasteiger partial charge in [0.1, 0.15) is 23.8 Å². The molecule has 1 heterocycles. The smallest absolute Gasteiger partial charge is 0.412 e. The molecule has 3 aromatic carbocycles. The number of hydrogen-bond donors (Lipinski definition) is 3. The van der Waals surface area contributed by atoms with Crippen molar-refractivity contribution in [1.82, 2.24) is 0 Å². The van der Waals surface area contributed by atoms with Crippen LogP contribution in [0, 0.1) is 5.41 Å². The van der Waals surface area contributed by atoms with E-state index in [9.17, 15) is 19.8 Å². The summed E-state index contributed by atoms with van der Waals surface area (Å²) >= 11 is 6.76. The molecule has 3 aromatic rings. The Labute approximate surface area is 219 Å². The number of phenolic OH excluding ortho intramolecular Hbond substituents is 1. The first kappa shape index (κ1) is 24.7. The van der Waals surface area contributed by atoms with Crippen LogP contribution in [0.3, 0.4) is 0 Å². The number of Topliss-reactive ketones (excluding diaryl/α,β-unsaturated/α-hetero) is 1. The van der Waals surface area contributed by atoms with E-state index in [1.807, 2.05) is 44.2 Å². The molecular weight excluding hydrogens is 492 g/mol. The molecule has 1 aliphatic heterocycles. The van der Waals surface area contributed by atoms with E-state index in [0.717, 1.165) is 10.5 Å². The van der Waals surface area contributed by atoms with Crippen molar-refractivity contribution in [2.24, 2.45) is 5.41 Å². The van der Waals surface area contributed by atoms with Gasteiger partial charge in [0.25, 0.3) is 0 Å². The number of fused-ring (bicyclic) bond motifs is 1. The molecule has 5 rings (SSSR count). The van der Waals surface area contributed by atoms with Crippen molar-refractivity contribution in [3.63, 3.8) is 0 Å². The third-order valence-corrected chi connectivity index (χ3v) is 7.06. The molecule has 0 spiro atoms. The van der Waals surface area contributed by atoms with Gasteiger partial charge in [-0.25, -0.2) is 4.79 Å². The summed E-state index contributed by atoms with van der Waals surface area (Å²) in [6, 6.07) is 18.4. The lowest BCUT2D eigenvalue weighted by atomic mass is 9.73. The minimum atomic E-state index is -1.27. The number of aromatic hydroxyl groups is 1. The van der Waals surface area contributed by atoms with Gasteiger partial charge in [-0.2, -0.15) is 0 Å². The largest absolute Gasteiger partial charge is 0.506 e. The predicted octanol–water partition coefficient (Wildman–Crippen LogP) is 6.92. The van der Waals surface area contributed by atoms with Gasteiger partial charge in [0.05, 0.1) is 11.7 Å². The molecule has 1 aliphatic carbocycles. The van der Waals surface area contributed by atoms with E-state index in [2.05, 4.69) is 5.32 Å². The van der Waals surface area contributed by atoms with Crippen molar-refractivity contribution in [2.75, 3.05) is 10.2 Å².